The van der Waals surface area contributed by atoms with Gasteiger partial charge in [0.15, 0.2) is 5.82 Å². The van der Waals surface area contributed by atoms with Gasteiger partial charge in [-0.05, 0) is 30.3 Å². The summed E-state index contributed by atoms with van der Waals surface area (Å²) in [6, 6.07) is 6.15. The minimum Gasteiger partial charge on any atom is -0.387 e. The highest BCUT2D eigenvalue weighted by molar-refractivity contribution is 5.77. The first-order valence-electron chi connectivity index (χ1n) is 7.05. The quantitative estimate of drug-likeness (QED) is 0.668. The number of nitrogens with one attached hydrogen (secondary N) is 3. The van der Waals surface area contributed by atoms with Crippen molar-refractivity contribution in [1.29, 1.82) is 0 Å². The van der Waals surface area contributed by atoms with Crippen molar-refractivity contribution in [2.24, 2.45) is 0 Å². The lowest BCUT2D eigenvalue weighted by Gasteiger charge is -2.12. The highest BCUT2D eigenvalue weighted by Gasteiger charge is 2.30. The molecule has 130 valence electrons. The van der Waals surface area contributed by atoms with Crippen molar-refractivity contribution >= 4 is 17.2 Å². The first-order chi connectivity index (χ1) is 11.9. The van der Waals surface area contributed by atoms with Crippen molar-refractivity contribution in [1.82, 2.24) is 15.1 Å². The standard InChI is InChI=1S/C15H12F3N5O2/c1-19-10-6-11(13-22-14(24)25-23-13)12(20-7-10)21-9-4-2-8(3-5-9)15(16,17)18/h2-7,19H,1H3,(H,20,21)(H,22,23,24). The Hall–Kier alpha value is -3.30. The number of rotatable bonds is 4. The number of hydrogen-bond donors (Lipinski definition) is 3. The van der Waals surface area contributed by atoms with E-state index in [1.165, 1.54) is 18.3 Å². The maximum absolute atomic E-state index is 12.6. The van der Waals surface area contributed by atoms with Crippen LogP contribution in [0.1, 0.15) is 5.56 Å². The fourth-order valence-electron chi connectivity index (χ4n) is 2.11. The molecule has 7 nitrogen and oxygen atoms in total. The van der Waals surface area contributed by atoms with Crippen LogP contribution in [-0.4, -0.2) is 22.2 Å². The zero-order valence-electron chi connectivity index (χ0n) is 12.8. The topological polar surface area (TPSA) is 95.8 Å². The van der Waals surface area contributed by atoms with E-state index in [0.29, 0.717) is 22.8 Å². The summed E-state index contributed by atoms with van der Waals surface area (Å²) in [4.78, 5) is 17.8. The number of H-pyrrole nitrogens is 1. The summed E-state index contributed by atoms with van der Waals surface area (Å²) >= 11 is 0. The van der Waals surface area contributed by atoms with Crippen molar-refractivity contribution in [3.63, 3.8) is 0 Å². The molecule has 25 heavy (non-hydrogen) atoms. The minimum absolute atomic E-state index is 0.143. The van der Waals surface area contributed by atoms with E-state index in [9.17, 15) is 18.0 Å². The van der Waals surface area contributed by atoms with Gasteiger partial charge in [0.25, 0.3) is 0 Å². The summed E-state index contributed by atoms with van der Waals surface area (Å²) in [5.74, 6) is -0.294. The van der Waals surface area contributed by atoms with Gasteiger partial charge < -0.3 is 10.6 Å². The Morgan fingerprint density at radius 3 is 2.44 bits per heavy atom. The highest BCUT2D eigenvalue weighted by atomic mass is 19.4. The van der Waals surface area contributed by atoms with Crippen LogP contribution in [0.25, 0.3) is 11.4 Å². The Bertz CT molecular complexity index is 931. The Kier molecular flexibility index (Phi) is 4.17. The Morgan fingerprint density at radius 2 is 1.88 bits per heavy atom. The van der Waals surface area contributed by atoms with Gasteiger partial charge in [-0.1, -0.05) is 5.16 Å². The van der Waals surface area contributed by atoms with Crippen molar-refractivity contribution in [3.8, 4) is 11.4 Å². The molecule has 3 aromatic rings. The van der Waals surface area contributed by atoms with Gasteiger partial charge >= 0.3 is 11.9 Å². The molecule has 0 aliphatic heterocycles. The van der Waals surface area contributed by atoms with Crippen molar-refractivity contribution < 1.29 is 17.7 Å². The lowest BCUT2D eigenvalue weighted by atomic mass is 10.2. The molecule has 2 aromatic heterocycles. The maximum atomic E-state index is 12.6. The average Bonchev–Trinajstić information content (AvgIpc) is 3.01. The lowest BCUT2D eigenvalue weighted by Crippen LogP contribution is -2.05. The molecule has 0 atom stereocenters. The third-order valence-electron chi connectivity index (χ3n) is 3.35. The van der Waals surface area contributed by atoms with E-state index in [-0.39, 0.29) is 5.82 Å². The number of alkyl halides is 3. The lowest BCUT2D eigenvalue weighted by molar-refractivity contribution is -0.137. The van der Waals surface area contributed by atoms with Crippen LogP contribution in [0.4, 0.5) is 30.4 Å². The Morgan fingerprint density at radius 1 is 1.16 bits per heavy atom. The molecule has 0 saturated carbocycles. The monoisotopic (exact) mass is 351 g/mol. The fraction of sp³-hybridized carbons (Fsp3) is 0.133. The normalized spacial score (nSPS) is 11.4. The predicted octanol–water partition coefficient (Wildman–Crippen LogP) is 3.23. The first-order valence-corrected chi connectivity index (χ1v) is 7.05. The van der Waals surface area contributed by atoms with Gasteiger partial charge in [-0.3, -0.25) is 9.51 Å². The van der Waals surface area contributed by atoms with Crippen molar-refractivity contribution in [2.75, 3.05) is 17.7 Å². The number of nitrogens with zero attached hydrogens (tertiary/aromatic N) is 2. The molecule has 0 radical (unpaired) electrons. The van der Waals surface area contributed by atoms with E-state index >= 15 is 0 Å². The molecular weight excluding hydrogens is 339 g/mol. The summed E-state index contributed by atoms with van der Waals surface area (Å²) < 4.78 is 42.4. The van der Waals surface area contributed by atoms with Crippen LogP contribution in [-0.2, 0) is 6.18 Å². The zero-order valence-corrected chi connectivity index (χ0v) is 12.8. The zero-order chi connectivity index (χ0) is 18.0. The SMILES string of the molecule is CNc1cnc(Nc2ccc(C(F)(F)F)cc2)c(-c2noc(=O)[nH]2)c1. The largest absolute Gasteiger partial charge is 0.439 e. The van der Waals surface area contributed by atoms with Crippen molar-refractivity contribution in [2.45, 2.75) is 6.18 Å². The van der Waals surface area contributed by atoms with E-state index in [2.05, 4.69) is 30.3 Å². The van der Waals surface area contributed by atoms with E-state index in [4.69, 9.17) is 0 Å². The summed E-state index contributed by atoms with van der Waals surface area (Å²) in [5.41, 5.74) is 0.705. The summed E-state index contributed by atoms with van der Waals surface area (Å²) in [6.07, 6.45) is -2.88. The molecule has 0 saturated heterocycles. The molecule has 0 amide bonds. The number of hydrogen-bond acceptors (Lipinski definition) is 6. The van der Waals surface area contributed by atoms with E-state index in [1.807, 2.05) is 0 Å². The summed E-state index contributed by atoms with van der Waals surface area (Å²) in [6.45, 7) is 0. The second-order valence-corrected chi connectivity index (χ2v) is 5.01. The average molecular weight is 351 g/mol. The second kappa shape index (κ2) is 6.30. The smallest absolute Gasteiger partial charge is 0.387 e. The molecule has 10 heteroatoms. The van der Waals surface area contributed by atoms with Crippen LogP contribution >= 0.6 is 0 Å². The second-order valence-electron chi connectivity index (χ2n) is 5.01. The van der Waals surface area contributed by atoms with Gasteiger partial charge in [0.05, 0.1) is 23.0 Å². The van der Waals surface area contributed by atoms with Crippen LogP contribution < -0.4 is 16.4 Å². The van der Waals surface area contributed by atoms with E-state index < -0.39 is 17.5 Å². The number of aromatic amines is 1. The van der Waals surface area contributed by atoms with E-state index in [0.717, 1.165) is 12.1 Å². The highest BCUT2D eigenvalue weighted by Crippen LogP contribution is 2.32. The van der Waals surface area contributed by atoms with Gasteiger partial charge in [-0.2, -0.15) is 13.2 Å². The Balaban J connectivity index is 1.96. The van der Waals surface area contributed by atoms with Gasteiger partial charge in [-0.15, -0.1) is 0 Å². The molecule has 0 fully saturated rings. The van der Waals surface area contributed by atoms with Gasteiger partial charge in [0.2, 0.25) is 0 Å². The molecule has 0 aliphatic rings. The fourth-order valence-corrected chi connectivity index (χ4v) is 2.11. The van der Waals surface area contributed by atoms with Crippen LogP contribution in [0, 0.1) is 0 Å². The molecule has 0 unspecified atom stereocenters. The van der Waals surface area contributed by atoms with Crippen LogP contribution in [0.2, 0.25) is 0 Å². The van der Waals surface area contributed by atoms with Crippen LogP contribution in [0.15, 0.2) is 45.8 Å². The molecule has 1 aromatic carbocycles. The van der Waals surface area contributed by atoms with Gasteiger partial charge in [0.1, 0.15) is 5.82 Å². The molecule has 0 bridgehead atoms. The number of anilines is 3. The van der Waals surface area contributed by atoms with Crippen molar-refractivity contribution in [3.05, 3.63) is 52.6 Å². The predicted molar refractivity (Wildman–Crippen MR) is 84.6 cm³/mol. The number of aromatic nitrogens is 3. The molecule has 0 spiro atoms. The Labute approximate surface area is 138 Å². The molecule has 0 aliphatic carbocycles. The number of halogens is 3. The molecule has 2 heterocycles. The third kappa shape index (κ3) is 3.62. The van der Waals surface area contributed by atoms with Gasteiger partial charge in [-0.25, -0.2) is 9.78 Å². The molecule has 3 rings (SSSR count). The van der Waals surface area contributed by atoms with Crippen LogP contribution in [0.5, 0.6) is 0 Å². The summed E-state index contributed by atoms with van der Waals surface area (Å²) in [5, 5.41) is 9.40. The maximum Gasteiger partial charge on any atom is 0.439 e. The van der Waals surface area contributed by atoms with E-state index in [1.54, 1.807) is 13.1 Å². The first kappa shape index (κ1) is 16.6. The molecular formula is C15H12F3N5O2. The van der Waals surface area contributed by atoms with Gasteiger partial charge in [0, 0.05) is 12.7 Å². The minimum atomic E-state index is -4.41. The molecule has 3 N–H and O–H groups in total. The third-order valence-corrected chi connectivity index (χ3v) is 3.35. The summed E-state index contributed by atoms with van der Waals surface area (Å²) in [7, 11) is 1.69. The van der Waals surface area contributed by atoms with Crippen LogP contribution in [0.3, 0.4) is 0 Å². The number of pyridine rings is 1. The number of benzene rings is 1.